The van der Waals surface area contributed by atoms with Gasteiger partial charge in [0, 0.05) is 19.6 Å². The second-order valence-electron chi connectivity index (χ2n) is 3.87. The molecule has 0 aromatic carbocycles. The van der Waals surface area contributed by atoms with Crippen LogP contribution in [0.5, 0.6) is 0 Å². The topological polar surface area (TPSA) is 49.6 Å². The summed E-state index contributed by atoms with van der Waals surface area (Å²) in [5, 5.41) is 0. The average Bonchev–Trinajstić information content (AvgIpc) is 2.14. The van der Waals surface area contributed by atoms with E-state index in [9.17, 15) is 4.79 Å². The van der Waals surface area contributed by atoms with Crippen LogP contribution in [0.2, 0.25) is 0 Å². The summed E-state index contributed by atoms with van der Waals surface area (Å²) in [6.45, 7) is 7.62. The van der Waals surface area contributed by atoms with Crippen molar-refractivity contribution in [2.45, 2.75) is 26.8 Å². The third-order valence-corrected chi connectivity index (χ3v) is 2.48. The Hall–Kier alpha value is -0.680. The molecule has 0 bridgehead atoms. The standard InChI is InChI=1S/C10H21N3OS/c1-5-13(6-9(11)15)7-10(14)12(4)8(2)3/h8H,5-7H2,1-4H3,(H2,11,15). The van der Waals surface area contributed by atoms with Crippen molar-refractivity contribution in [1.29, 1.82) is 0 Å². The van der Waals surface area contributed by atoms with Gasteiger partial charge >= 0.3 is 0 Å². The SMILES string of the molecule is CCN(CC(=O)N(C)C(C)C)CC(N)=S. The van der Waals surface area contributed by atoms with Gasteiger partial charge in [-0.15, -0.1) is 0 Å². The Morgan fingerprint density at radius 2 is 1.93 bits per heavy atom. The van der Waals surface area contributed by atoms with Crippen LogP contribution >= 0.6 is 12.2 Å². The smallest absolute Gasteiger partial charge is 0.236 e. The summed E-state index contributed by atoms with van der Waals surface area (Å²) in [6.07, 6.45) is 0. The highest BCUT2D eigenvalue weighted by Crippen LogP contribution is 1.97. The minimum absolute atomic E-state index is 0.100. The molecule has 0 rings (SSSR count). The second kappa shape index (κ2) is 6.74. The third-order valence-electron chi connectivity index (χ3n) is 2.35. The molecule has 0 heterocycles. The first-order valence-corrected chi connectivity index (χ1v) is 5.55. The summed E-state index contributed by atoms with van der Waals surface area (Å²) >= 11 is 4.82. The normalized spacial score (nSPS) is 10.8. The van der Waals surface area contributed by atoms with Crippen molar-refractivity contribution in [3.63, 3.8) is 0 Å². The number of nitrogens with zero attached hydrogens (tertiary/aromatic N) is 2. The zero-order chi connectivity index (χ0) is 12.0. The Kier molecular flexibility index (Phi) is 6.43. The lowest BCUT2D eigenvalue weighted by molar-refractivity contribution is -0.132. The third kappa shape index (κ3) is 5.69. The molecule has 15 heavy (non-hydrogen) atoms. The molecule has 0 atom stereocenters. The molecule has 0 saturated heterocycles. The van der Waals surface area contributed by atoms with Gasteiger partial charge in [-0.2, -0.15) is 0 Å². The van der Waals surface area contributed by atoms with Gasteiger partial charge in [0.15, 0.2) is 0 Å². The van der Waals surface area contributed by atoms with Crippen molar-refractivity contribution >= 4 is 23.1 Å². The number of thiocarbonyl (C=S) groups is 1. The zero-order valence-corrected chi connectivity index (χ0v) is 10.8. The van der Waals surface area contributed by atoms with Crippen LogP contribution in [-0.4, -0.2) is 53.4 Å². The van der Waals surface area contributed by atoms with E-state index in [1.807, 2.05) is 32.7 Å². The van der Waals surface area contributed by atoms with E-state index < -0.39 is 0 Å². The fourth-order valence-electron chi connectivity index (χ4n) is 1.09. The Labute approximate surface area is 97.4 Å². The predicted octanol–water partition coefficient (Wildman–Crippen LogP) is 0.461. The minimum atomic E-state index is 0.100. The summed E-state index contributed by atoms with van der Waals surface area (Å²) in [6, 6.07) is 0.223. The number of carbonyl (C=O) groups excluding carboxylic acids is 1. The van der Waals surface area contributed by atoms with Crippen molar-refractivity contribution in [3.8, 4) is 0 Å². The van der Waals surface area contributed by atoms with E-state index in [2.05, 4.69) is 0 Å². The molecule has 2 N–H and O–H groups in total. The van der Waals surface area contributed by atoms with Crippen molar-refractivity contribution in [3.05, 3.63) is 0 Å². The zero-order valence-electron chi connectivity index (χ0n) is 9.99. The molecule has 0 fully saturated rings. The van der Waals surface area contributed by atoms with Crippen LogP contribution in [-0.2, 0) is 4.79 Å². The number of hydrogen-bond acceptors (Lipinski definition) is 3. The van der Waals surface area contributed by atoms with Crippen LogP contribution in [0.25, 0.3) is 0 Å². The van der Waals surface area contributed by atoms with Gasteiger partial charge in [0.1, 0.15) is 0 Å². The Morgan fingerprint density at radius 3 is 2.27 bits per heavy atom. The molecule has 0 unspecified atom stereocenters. The molecule has 88 valence electrons. The molecule has 0 aliphatic rings. The largest absolute Gasteiger partial charge is 0.392 e. The average molecular weight is 231 g/mol. The van der Waals surface area contributed by atoms with E-state index in [0.717, 1.165) is 6.54 Å². The summed E-state index contributed by atoms with van der Waals surface area (Å²) in [5.41, 5.74) is 5.45. The molecule has 0 aromatic heterocycles. The van der Waals surface area contributed by atoms with Crippen molar-refractivity contribution in [2.24, 2.45) is 5.73 Å². The first kappa shape index (κ1) is 14.3. The van der Waals surface area contributed by atoms with Crippen LogP contribution in [0.4, 0.5) is 0 Å². The monoisotopic (exact) mass is 231 g/mol. The quantitative estimate of drug-likeness (QED) is 0.675. The van der Waals surface area contributed by atoms with Crippen LogP contribution in [0.3, 0.4) is 0 Å². The summed E-state index contributed by atoms with van der Waals surface area (Å²) in [7, 11) is 1.81. The maximum atomic E-state index is 11.7. The lowest BCUT2D eigenvalue weighted by Gasteiger charge is -2.26. The summed E-state index contributed by atoms with van der Waals surface area (Å²) in [5.74, 6) is 0.100. The van der Waals surface area contributed by atoms with Gasteiger partial charge < -0.3 is 10.6 Å². The number of carbonyl (C=O) groups is 1. The molecule has 4 nitrogen and oxygen atoms in total. The van der Waals surface area contributed by atoms with Gasteiger partial charge in [-0.1, -0.05) is 19.1 Å². The fourth-order valence-corrected chi connectivity index (χ4v) is 1.27. The number of amides is 1. The van der Waals surface area contributed by atoms with Gasteiger partial charge in [0.05, 0.1) is 11.5 Å². The lowest BCUT2D eigenvalue weighted by Crippen LogP contribution is -2.43. The van der Waals surface area contributed by atoms with Crippen LogP contribution in [0, 0.1) is 0 Å². The molecule has 0 radical (unpaired) electrons. The predicted molar refractivity (Wildman–Crippen MR) is 66.8 cm³/mol. The van der Waals surface area contributed by atoms with E-state index in [-0.39, 0.29) is 11.9 Å². The van der Waals surface area contributed by atoms with Crippen molar-refractivity contribution in [2.75, 3.05) is 26.7 Å². The Morgan fingerprint density at radius 1 is 1.40 bits per heavy atom. The van der Waals surface area contributed by atoms with Crippen LogP contribution in [0.15, 0.2) is 0 Å². The molecular weight excluding hydrogens is 210 g/mol. The van der Waals surface area contributed by atoms with Gasteiger partial charge in [-0.05, 0) is 20.4 Å². The maximum absolute atomic E-state index is 11.7. The van der Waals surface area contributed by atoms with E-state index in [1.165, 1.54) is 0 Å². The van der Waals surface area contributed by atoms with Gasteiger partial charge in [0.25, 0.3) is 0 Å². The van der Waals surface area contributed by atoms with Crippen LogP contribution < -0.4 is 5.73 Å². The first-order chi connectivity index (χ1) is 6.88. The molecule has 1 amide bonds. The summed E-state index contributed by atoms with van der Waals surface area (Å²) < 4.78 is 0. The molecule has 0 spiro atoms. The molecular formula is C10H21N3OS. The van der Waals surface area contributed by atoms with E-state index in [4.69, 9.17) is 18.0 Å². The summed E-state index contributed by atoms with van der Waals surface area (Å²) in [4.78, 5) is 15.8. The number of rotatable bonds is 6. The van der Waals surface area contributed by atoms with Gasteiger partial charge in [-0.25, -0.2) is 0 Å². The van der Waals surface area contributed by atoms with Gasteiger partial charge in [0.2, 0.25) is 5.91 Å². The number of nitrogens with two attached hydrogens (primary N) is 1. The van der Waals surface area contributed by atoms with Crippen molar-refractivity contribution in [1.82, 2.24) is 9.80 Å². The first-order valence-electron chi connectivity index (χ1n) is 5.14. The van der Waals surface area contributed by atoms with E-state index in [0.29, 0.717) is 18.1 Å². The number of hydrogen-bond donors (Lipinski definition) is 1. The maximum Gasteiger partial charge on any atom is 0.236 e. The fraction of sp³-hybridized carbons (Fsp3) is 0.800. The molecule has 0 aromatic rings. The minimum Gasteiger partial charge on any atom is -0.392 e. The van der Waals surface area contributed by atoms with Gasteiger partial charge in [-0.3, -0.25) is 9.69 Å². The Bertz CT molecular complexity index is 231. The van der Waals surface area contributed by atoms with Crippen molar-refractivity contribution < 1.29 is 4.79 Å². The molecule has 0 aliphatic heterocycles. The lowest BCUT2D eigenvalue weighted by atomic mass is 10.3. The molecule has 5 heteroatoms. The van der Waals surface area contributed by atoms with E-state index >= 15 is 0 Å². The highest BCUT2D eigenvalue weighted by molar-refractivity contribution is 7.80. The highest BCUT2D eigenvalue weighted by atomic mass is 32.1. The van der Waals surface area contributed by atoms with E-state index in [1.54, 1.807) is 4.90 Å². The highest BCUT2D eigenvalue weighted by Gasteiger charge is 2.15. The van der Waals surface area contributed by atoms with Crippen LogP contribution in [0.1, 0.15) is 20.8 Å². The second-order valence-corrected chi connectivity index (χ2v) is 4.39. The Balaban J connectivity index is 4.18. The molecule has 0 saturated carbocycles. The number of likely N-dealkylation sites (N-methyl/N-ethyl adjacent to an activating group) is 2. The molecule has 0 aliphatic carbocycles.